The Kier molecular flexibility index (Phi) is 6.35. The van der Waals surface area contributed by atoms with Gasteiger partial charge in [0.05, 0.1) is 10.6 Å². The standard InChI is InChI=1S/C19H19ClF3N5O2/c20-14-10-13(19(21,22)23)11-25-16(14)27-6-8-28(9-7-27)17(29)15(26-18(24)30)12-4-2-1-3-5-12/h1-5,10-11,15H,6-9H2,(H3,24,26,30)/t15-/m1/s1. The molecule has 0 unspecified atom stereocenters. The summed E-state index contributed by atoms with van der Waals surface area (Å²) in [5.41, 5.74) is 4.89. The molecule has 0 radical (unpaired) electrons. The number of rotatable bonds is 4. The minimum absolute atomic E-state index is 0.109. The summed E-state index contributed by atoms with van der Waals surface area (Å²) >= 11 is 6.01. The number of amides is 3. The van der Waals surface area contributed by atoms with Crippen molar-refractivity contribution in [3.8, 4) is 0 Å². The second-order valence-corrected chi connectivity index (χ2v) is 7.10. The normalized spacial score (nSPS) is 15.6. The molecule has 0 spiro atoms. The molecule has 2 heterocycles. The Bertz CT molecular complexity index is 918. The van der Waals surface area contributed by atoms with Gasteiger partial charge >= 0.3 is 12.2 Å². The topological polar surface area (TPSA) is 91.6 Å². The number of aromatic nitrogens is 1. The summed E-state index contributed by atoms with van der Waals surface area (Å²) in [7, 11) is 0. The maximum absolute atomic E-state index is 13.0. The number of halogens is 4. The van der Waals surface area contributed by atoms with Crippen LogP contribution in [0.5, 0.6) is 0 Å². The van der Waals surface area contributed by atoms with Gasteiger partial charge in [0, 0.05) is 32.4 Å². The van der Waals surface area contributed by atoms with Crippen LogP contribution in [-0.2, 0) is 11.0 Å². The van der Waals surface area contributed by atoms with E-state index in [-0.39, 0.29) is 29.8 Å². The summed E-state index contributed by atoms with van der Waals surface area (Å²) in [5, 5.41) is 2.35. The zero-order chi connectivity index (χ0) is 21.9. The second-order valence-electron chi connectivity index (χ2n) is 6.69. The van der Waals surface area contributed by atoms with E-state index in [1.165, 1.54) is 0 Å². The van der Waals surface area contributed by atoms with E-state index >= 15 is 0 Å². The number of carbonyl (C=O) groups excluding carboxylic acids is 2. The third kappa shape index (κ3) is 4.93. The van der Waals surface area contributed by atoms with Gasteiger partial charge in [-0.15, -0.1) is 0 Å². The van der Waals surface area contributed by atoms with Gasteiger partial charge in [0.1, 0.15) is 11.9 Å². The fraction of sp³-hybridized carbons (Fsp3) is 0.316. The van der Waals surface area contributed by atoms with E-state index < -0.39 is 23.8 Å². The lowest BCUT2D eigenvalue weighted by molar-refractivity contribution is -0.138. The van der Waals surface area contributed by atoms with Crippen LogP contribution in [0.1, 0.15) is 17.2 Å². The van der Waals surface area contributed by atoms with E-state index in [1.54, 1.807) is 40.1 Å². The molecule has 0 bridgehead atoms. The summed E-state index contributed by atoms with van der Waals surface area (Å²) in [4.78, 5) is 31.5. The number of anilines is 1. The SMILES string of the molecule is NC(=O)N[C@@H](C(=O)N1CCN(c2ncc(C(F)(F)F)cc2Cl)CC1)c1ccccc1. The molecule has 0 saturated carbocycles. The molecular formula is C19H19ClF3N5O2. The minimum atomic E-state index is -4.53. The first-order chi connectivity index (χ1) is 14.2. The van der Waals surface area contributed by atoms with Crippen LogP contribution in [0.3, 0.4) is 0 Å². The van der Waals surface area contributed by atoms with Gasteiger partial charge < -0.3 is 20.9 Å². The molecule has 160 valence electrons. The predicted octanol–water partition coefficient (Wildman–Crippen LogP) is 2.81. The molecule has 3 N–H and O–H groups in total. The molecule has 1 saturated heterocycles. The largest absolute Gasteiger partial charge is 0.417 e. The smallest absolute Gasteiger partial charge is 0.352 e. The molecule has 1 atom stereocenters. The minimum Gasteiger partial charge on any atom is -0.352 e. The van der Waals surface area contributed by atoms with Crippen molar-refractivity contribution in [2.45, 2.75) is 12.2 Å². The molecule has 1 aromatic heterocycles. The molecule has 30 heavy (non-hydrogen) atoms. The van der Waals surface area contributed by atoms with Gasteiger partial charge in [-0.05, 0) is 11.6 Å². The van der Waals surface area contributed by atoms with Crippen molar-refractivity contribution in [2.75, 3.05) is 31.1 Å². The Morgan fingerprint density at radius 2 is 1.77 bits per heavy atom. The van der Waals surface area contributed by atoms with E-state index in [1.807, 2.05) is 0 Å². The van der Waals surface area contributed by atoms with Crippen molar-refractivity contribution in [1.82, 2.24) is 15.2 Å². The number of nitrogens with one attached hydrogen (secondary N) is 1. The molecule has 2 aromatic rings. The summed E-state index contributed by atoms with van der Waals surface area (Å²) < 4.78 is 38.4. The molecule has 1 aliphatic rings. The Hall–Kier alpha value is -3.01. The number of hydrogen-bond donors (Lipinski definition) is 2. The van der Waals surface area contributed by atoms with Gasteiger partial charge in [0.25, 0.3) is 0 Å². The number of urea groups is 1. The van der Waals surface area contributed by atoms with Gasteiger partial charge in [0.2, 0.25) is 5.91 Å². The van der Waals surface area contributed by atoms with Crippen molar-refractivity contribution >= 4 is 29.4 Å². The maximum Gasteiger partial charge on any atom is 0.417 e. The predicted molar refractivity (Wildman–Crippen MR) is 105 cm³/mol. The van der Waals surface area contributed by atoms with E-state index in [9.17, 15) is 22.8 Å². The van der Waals surface area contributed by atoms with Gasteiger partial charge in [0.15, 0.2) is 0 Å². The van der Waals surface area contributed by atoms with E-state index in [0.717, 1.165) is 12.3 Å². The molecule has 1 aromatic carbocycles. The van der Waals surface area contributed by atoms with Gasteiger partial charge in [-0.1, -0.05) is 41.9 Å². The molecule has 3 amide bonds. The summed E-state index contributed by atoms with van der Waals surface area (Å²) in [6.07, 6.45) is -3.79. The number of primary amides is 1. The van der Waals surface area contributed by atoms with Crippen LogP contribution in [0, 0.1) is 0 Å². The van der Waals surface area contributed by atoms with Crippen molar-refractivity contribution in [3.63, 3.8) is 0 Å². The highest BCUT2D eigenvalue weighted by molar-refractivity contribution is 6.33. The van der Waals surface area contributed by atoms with Crippen molar-refractivity contribution in [2.24, 2.45) is 5.73 Å². The number of benzene rings is 1. The highest BCUT2D eigenvalue weighted by atomic mass is 35.5. The Morgan fingerprint density at radius 1 is 1.13 bits per heavy atom. The van der Waals surface area contributed by atoms with Crippen molar-refractivity contribution in [3.05, 3.63) is 58.7 Å². The van der Waals surface area contributed by atoms with Gasteiger partial charge in [-0.25, -0.2) is 9.78 Å². The first-order valence-electron chi connectivity index (χ1n) is 9.04. The zero-order valence-corrected chi connectivity index (χ0v) is 16.5. The van der Waals surface area contributed by atoms with Crippen LogP contribution in [-0.4, -0.2) is 48.0 Å². The number of alkyl halides is 3. The number of pyridine rings is 1. The third-order valence-electron chi connectivity index (χ3n) is 4.71. The molecule has 3 rings (SSSR count). The number of nitrogens with zero attached hydrogens (tertiary/aromatic N) is 3. The first-order valence-corrected chi connectivity index (χ1v) is 9.42. The Morgan fingerprint density at radius 3 is 2.30 bits per heavy atom. The quantitative estimate of drug-likeness (QED) is 0.763. The molecule has 0 aliphatic carbocycles. The van der Waals surface area contributed by atoms with Crippen molar-refractivity contribution in [1.29, 1.82) is 0 Å². The van der Waals surface area contributed by atoms with Crippen LogP contribution in [0.2, 0.25) is 5.02 Å². The fourth-order valence-corrected chi connectivity index (χ4v) is 3.50. The highest BCUT2D eigenvalue weighted by Gasteiger charge is 2.33. The Labute approximate surface area is 175 Å². The summed E-state index contributed by atoms with van der Waals surface area (Å²) in [6.45, 7) is 1.20. The lowest BCUT2D eigenvalue weighted by atomic mass is 10.1. The summed E-state index contributed by atoms with van der Waals surface area (Å²) in [6, 6.07) is 7.78. The molecule has 7 nitrogen and oxygen atoms in total. The lowest BCUT2D eigenvalue weighted by Gasteiger charge is -2.37. The van der Waals surface area contributed by atoms with Crippen LogP contribution in [0.25, 0.3) is 0 Å². The van der Waals surface area contributed by atoms with Crippen LogP contribution in [0.4, 0.5) is 23.8 Å². The number of piperazine rings is 1. The van der Waals surface area contributed by atoms with E-state index in [4.69, 9.17) is 17.3 Å². The molecule has 1 aliphatic heterocycles. The van der Waals surface area contributed by atoms with E-state index in [0.29, 0.717) is 18.7 Å². The maximum atomic E-state index is 13.0. The fourth-order valence-electron chi connectivity index (χ4n) is 3.22. The van der Waals surface area contributed by atoms with Crippen LogP contribution < -0.4 is 16.0 Å². The molecule has 1 fully saturated rings. The van der Waals surface area contributed by atoms with Crippen LogP contribution >= 0.6 is 11.6 Å². The molecule has 11 heteroatoms. The second kappa shape index (κ2) is 8.78. The number of nitrogens with two attached hydrogens (primary N) is 1. The zero-order valence-electron chi connectivity index (χ0n) is 15.7. The lowest BCUT2D eigenvalue weighted by Crippen LogP contribution is -2.52. The number of carbonyl (C=O) groups is 2. The summed E-state index contributed by atoms with van der Waals surface area (Å²) in [5.74, 6) is -0.0993. The van der Waals surface area contributed by atoms with Crippen LogP contribution in [0.15, 0.2) is 42.6 Å². The van der Waals surface area contributed by atoms with Gasteiger partial charge in [-0.2, -0.15) is 13.2 Å². The average Bonchev–Trinajstić information content (AvgIpc) is 2.71. The molecular weight excluding hydrogens is 423 g/mol. The van der Waals surface area contributed by atoms with E-state index in [2.05, 4.69) is 10.3 Å². The third-order valence-corrected chi connectivity index (χ3v) is 4.98. The monoisotopic (exact) mass is 441 g/mol. The van der Waals surface area contributed by atoms with Gasteiger partial charge in [-0.3, -0.25) is 4.79 Å². The average molecular weight is 442 g/mol. The van der Waals surface area contributed by atoms with Crippen molar-refractivity contribution < 1.29 is 22.8 Å². The number of hydrogen-bond acceptors (Lipinski definition) is 4. The Balaban J connectivity index is 1.70. The first kappa shape index (κ1) is 21.7. The highest BCUT2D eigenvalue weighted by Crippen LogP contribution is 2.33.